The maximum absolute atomic E-state index is 12.1. The van der Waals surface area contributed by atoms with E-state index in [2.05, 4.69) is 4.98 Å². The number of ether oxygens (including phenoxy) is 1. The van der Waals surface area contributed by atoms with Gasteiger partial charge < -0.3 is 4.74 Å². The Morgan fingerprint density at radius 1 is 1.30 bits per heavy atom. The van der Waals surface area contributed by atoms with Crippen molar-refractivity contribution < 1.29 is 4.74 Å². The molecule has 23 heavy (non-hydrogen) atoms. The van der Waals surface area contributed by atoms with Crippen molar-refractivity contribution in [2.24, 2.45) is 0 Å². The van der Waals surface area contributed by atoms with E-state index < -0.39 is 0 Å². The summed E-state index contributed by atoms with van der Waals surface area (Å²) in [6.45, 7) is 2.05. The van der Waals surface area contributed by atoms with Crippen molar-refractivity contribution in [3.63, 3.8) is 0 Å². The first-order valence-corrected chi connectivity index (χ1v) is 7.26. The summed E-state index contributed by atoms with van der Waals surface area (Å²) in [5.41, 5.74) is 2.40. The molecule has 0 amide bonds. The Hall–Kier alpha value is -2.84. The molecule has 2 heterocycles. The number of pyridine rings is 1. The third-order valence-electron chi connectivity index (χ3n) is 3.31. The summed E-state index contributed by atoms with van der Waals surface area (Å²) in [5.74, 6) is 0.442. The number of fused-ring (bicyclic) bond motifs is 1. The smallest absolute Gasteiger partial charge is 0.258 e. The van der Waals surface area contributed by atoms with E-state index >= 15 is 0 Å². The van der Waals surface area contributed by atoms with Gasteiger partial charge in [-0.25, -0.2) is 4.98 Å². The molecule has 6 heteroatoms. The van der Waals surface area contributed by atoms with Gasteiger partial charge in [-0.1, -0.05) is 11.6 Å². The number of aromatic nitrogens is 2. The fourth-order valence-corrected chi connectivity index (χ4v) is 2.40. The molecule has 0 aliphatic rings. The zero-order chi connectivity index (χ0) is 16.4. The molecule has 0 aliphatic carbocycles. The van der Waals surface area contributed by atoms with Crippen LogP contribution in [0.1, 0.15) is 16.8 Å². The van der Waals surface area contributed by atoms with E-state index in [1.54, 1.807) is 18.3 Å². The molecular weight excluding hydrogens is 314 g/mol. The SMILES string of the molecule is Cc1ccn2c(=O)cc(COc3ccc(C#N)cc3Cl)nc2c1. The summed E-state index contributed by atoms with van der Waals surface area (Å²) in [7, 11) is 0. The van der Waals surface area contributed by atoms with Crippen molar-refractivity contribution >= 4 is 17.2 Å². The van der Waals surface area contributed by atoms with Crippen LogP contribution >= 0.6 is 11.6 Å². The molecule has 0 aliphatic heterocycles. The van der Waals surface area contributed by atoms with Gasteiger partial charge in [-0.05, 0) is 42.8 Å². The monoisotopic (exact) mass is 325 g/mol. The van der Waals surface area contributed by atoms with Crippen LogP contribution in [-0.4, -0.2) is 9.38 Å². The van der Waals surface area contributed by atoms with Crippen molar-refractivity contribution in [3.8, 4) is 11.8 Å². The van der Waals surface area contributed by atoms with Crippen LogP contribution < -0.4 is 10.3 Å². The molecule has 3 rings (SSSR count). The zero-order valence-corrected chi connectivity index (χ0v) is 13.0. The van der Waals surface area contributed by atoms with Gasteiger partial charge in [0, 0.05) is 12.3 Å². The van der Waals surface area contributed by atoms with E-state index in [1.807, 2.05) is 25.1 Å². The summed E-state index contributed by atoms with van der Waals surface area (Å²) < 4.78 is 7.08. The van der Waals surface area contributed by atoms with Gasteiger partial charge in [0.05, 0.1) is 22.3 Å². The molecule has 0 atom stereocenters. The van der Waals surface area contributed by atoms with Crippen LogP contribution in [0.25, 0.3) is 5.65 Å². The predicted octanol–water partition coefficient (Wildman–Crippen LogP) is 3.11. The largest absolute Gasteiger partial charge is 0.486 e. The van der Waals surface area contributed by atoms with E-state index in [0.29, 0.717) is 27.7 Å². The van der Waals surface area contributed by atoms with E-state index in [1.165, 1.54) is 16.5 Å². The normalized spacial score (nSPS) is 10.5. The Balaban J connectivity index is 1.88. The fourth-order valence-electron chi connectivity index (χ4n) is 2.17. The first-order valence-electron chi connectivity index (χ1n) is 6.88. The minimum Gasteiger partial charge on any atom is -0.486 e. The molecule has 0 radical (unpaired) electrons. The fraction of sp³-hybridized carbons (Fsp3) is 0.118. The Kier molecular flexibility index (Phi) is 4.00. The quantitative estimate of drug-likeness (QED) is 0.742. The van der Waals surface area contributed by atoms with Gasteiger partial charge in [0.2, 0.25) is 0 Å². The van der Waals surface area contributed by atoms with Gasteiger partial charge in [-0.15, -0.1) is 0 Å². The maximum Gasteiger partial charge on any atom is 0.258 e. The highest BCUT2D eigenvalue weighted by atomic mass is 35.5. The first kappa shape index (κ1) is 15.1. The number of halogens is 1. The van der Waals surface area contributed by atoms with Gasteiger partial charge in [0.15, 0.2) is 0 Å². The predicted molar refractivity (Wildman–Crippen MR) is 86.7 cm³/mol. The second-order valence-electron chi connectivity index (χ2n) is 5.06. The third kappa shape index (κ3) is 3.17. The van der Waals surface area contributed by atoms with Gasteiger partial charge >= 0.3 is 0 Å². The molecule has 0 bridgehead atoms. The first-order chi connectivity index (χ1) is 11.1. The second-order valence-corrected chi connectivity index (χ2v) is 5.47. The molecule has 3 aromatic rings. The lowest BCUT2D eigenvalue weighted by Gasteiger charge is -2.09. The van der Waals surface area contributed by atoms with Gasteiger partial charge in [0.1, 0.15) is 18.0 Å². The minimum absolute atomic E-state index is 0.116. The minimum atomic E-state index is -0.167. The number of rotatable bonds is 3. The molecule has 0 saturated heterocycles. The molecule has 0 fully saturated rings. The van der Waals surface area contributed by atoms with Crippen LogP contribution in [0.2, 0.25) is 5.02 Å². The third-order valence-corrected chi connectivity index (χ3v) is 3.61. The highest BCUT2D eigenvalue weighted by molar-refractivity contribution is 6.32. The molecular formula is C17H12ClN3O2. The summed E-state index contributed by atoms with van der Waals surface area (Å²) in [4.78, 5) is 16.5. The topological polar surface area (TPSA) is 67.4 Å². The Morgan fingerprint density at radius 3 is 2.87 bits per heavy atom. The number of nitriles is 1. The summed E-state index contributed by atoms with van der Waals surface area (Å²) in [5, 5.41) is 9.16. The van der Waals surface area contributed by atoms with E-state index in [-0.39, 0.29) is 12.2 Å². The van der Waals surface area contributed by atoms with E-state index in [9.17, 15) is 4.79 Å². The van der Waals surface area contributed by atoms with Crippen LogP contribution in [0.3, 0.4) is 0 Å². The van der Waals surface area contributed by atoms with Gasteiger partial charge in [-0.3, -0.25) is 9.20 Å². The number of hydrogen-bond donors (Lipinski definition) is 0. The lowest BCUT2D eigenvalue weighted by Crippen LogP contribution is -2.16. The second kappa shape index (κ2) is 6.11. The molecule has 0 saturated carbocycles. The summed E-state index contributed by atoms with van der Waals surface area (Å²) >= 11 is 6.06. The summed E-state index contributed by atoms with van der Waals surface area (Å²) in [6, 6.07) is 11.9. The lowest BCUT2D eigenvalue weighted by atomic mass is 10.2. The van der Waals surface area contributed by atoms with Crippen molar-refractivity contribution in [2.45, 2.75) is 13.5 Å². The standard InChI is InChI=1S/C17H12ClN3O2/c1-11-4-5-21-16(6-11)20-13(8-17(21)22)10-23-15-3-2-12(9-19)7-14(15)18/h2-8H,10H2,1H3. The Morgan fingerprint density at radius 2 is 2.13 bits per heavy atom. The highest BCUT2D eigenvalue weighted by Gasteiger charge is 2.06. The van der Waals surface area contributed by atoms with Crippen LogP contribution in [-0.2, 0) is 6.61 Å². The maximum atomic E-state index is 12.1. The zero-order valence-electron chi connectivity index (χ0n) is 12.3. The number of benzene rings is 1. The molecule has 0 spiro atoms. The van der Waals surface area contributed by atoms with Crippen LogP contribution in [0.4, 0.5) is 0 Å². The molecule has 2 aromatic heterocycles. The number of aryl methyl sites for hydroxylation is 1. The van der Waals surface area contributed by atoms with Crippen molar-refractivity contribution in [2.75, 3.05) is 0 Å². The molecule has 5 nitrogen and oxygen atoms in total. The Bertz CT molecular complexity index is 989. The van der Waals surface area contributed by atoms with Gasteiger partial charge in [0.25, 0.3) is 5.56 Å². The average Bonchev–Trinajstić information content (AvgIpc) is 2.53. The number of hydrogen-bond acceptors (Lipinski definition) is 4. The van der Waals surface area contributed by atoms with Gasteiger partial charge in [-0.2, -0.15) is 5.26 Å². The molecule has 0 N–H and O–H groups in total. The lowest BCUT2D eigenvalue weighted by molar-refractivity contribution is 0.301. The van der Waals surface area contributed by atoms with Crippen molar-refractivity contribution in [1.82, 2.24) is 9.38 Å². The average molecular weight is 326 g/mol. The van der Waals surface area contributed by atoms with Crippen LogP contribution in [0.5, 0.6) is 5.75 Å². The highest BCUT2D eigenvalue weighted by Crippen LogP contribution is 2.25. The summed E-state index contributed by atoms with van der Waals surface area (Å²) in [6.07, 6.45) is 1.70. The van der Waals surface area contributed by atoms with Crippen molar-refractivity contribution in [3.05, 3.63) is 74.8 Å². The Labute approximate surface area is 137 Å². The molecule has 114 valence electrons. The van der Waals surface area contributed by atoms with E-state index in [0.717, 1.165) is 5.56 Å². The van der Waals surface area contributed by atoms with Crippen molar-refractivity contribution in [1.29, 1.82) is 5.26 Å². The van der Waals surface area contributed by atoms with E-state index in [4.69, 9.17) is 21.6 Å². The molecule has 1 aromatic carbocycles. The van der Waals surface area contributed by atoms with Crippen LogP contribution in [0.15, 0.2) is 47.4 Å². The number of nitrogens with zero attached hydrogens (tertiary/aromatic N) is 3. The van der Waals surface area contributed by atoms with Crippen LogP contribution in [0, 0.1) is 18.3 Å². The molecule has 0 unspecified atom stereocenters.